The summed E-state index contributed by atoms with van der Waals surface area (Å²) in [4.78, 5) is 27.1. The Morgan fingerprint density at radius 1 is 1.07 bits per heavy atom. The van der Waals surface area contributed by atoms with E-state index in [0.717, 1.165) is 32.7 Å². The summed E-state index contributed by atoms with van der Waals surface area (Å²) in [5, 5.41) is 15.0. The molecule has 0 bridgehead atoms. The number of nitrogens with one attached hydrogen (secondary N) is 1. The fourth-order valence-corrected chi connectivity index (χ4v) is 3.24. The van der Waals surface area contributed by atoms with Gasteiger partial charge in [-0.2, -0.15) is 5.10 Å². The molecule has 2 aromatic carbocycles. The lowest BCUT2D eigenvalue weighted by Gasteiger charge is -2.34. The first-order valence-electron chi connectivity index (χ1n) is 9.58. The van der Waals surface area contributed by atoms with Crippen LogP contribution in [0.1, 0.15) is 18.1 Å². The van der Waals surface area contributed by atoms with Gasteiger partial charge in [0.2, 0.25) is 0 Å². The zero-order chi connectivity index (χ0) is 20.6. The van der Waals surface area contributed by atoms with Crippen LogP contribution in [0.2, 0.25) is 0 Å². The second-order valence-electron chi connectivity index (χ2n) is 7.08. The van der Waals surface area contributed by atoms with E-state index in [0.29, 0.717) is 11.3 Å². The van der Waals surface area contributed by atoms with Gasteiger partial charge in [-0.05, 0) is 12.5 Å². The first kappa shape index (κ1) is 20.6. The topological polar surface area (TPSA) is 91.1 Å². The first-order chi connectivity index (χ1) is 14.0. The molecule has 3 rings (SSSR count). The Balaban J connectivity index is 1.44. The smallest absolute Gasteiger partial charge is 0.270 e. The number of piperazine rings is 1. The third-order valence-electron chi connectivity index (χ3n) is 4.90. The van der Waals surface area contributed by atoms with E-state index in [4.69, 9.17) is 0 Å². The van der Waals surface area contributed by atoms with Gasteiger partial charge in [-0.15, -0.1) is 0 Å². The van der Waals surface area contributed by atoms with Crippen molar-refractivity contribution in [3.05, 3.63) is 75.8 Å². The summed E-state index contributed by atoms with van der Waals surface area (Å²) in [6.07, 6.45) is 0. The summed E-state index contributed by atoms with van der Waals surface area (Å²) in [5.74, 6) is -0.189. The van der Waals surface area contributed by atoms with Gasteiger partial charge in [-0.1, -0.05) is 42.5 Å². The average molecular weight is 395 g/mol. The van der Waals surface area contributed by atoms with Crippen molar-refractivity contribution < 1.29 is 9.72 Å². The summed E-state index contributed by atoms with van der Waals surface area (Å²) >= 11 is 0. The minimum Gasteiger partial charge on any atom is -0.297 e. The Morgan fingerprint density at radius 2 is 1.76 bits per heavy atom. The van der Waals surface area contributed by atoms with Crippen LogP contribution < -0.4 is 5.43 Å². The number of nitro benzene ring substituents is 1. The number of hydrogen-bond acceptors (Lipinski definition) is 6. The predicted molar refractivity (Wildman–Crippen MR) is 112 cm³/mol. The highest BCUT2D eigenvalue weighted by atomic mass is 16.6. The third kappa shape index (κ3) is 6.20. The second-order valence-corrected chi connectivity index (χ2v) is 7.08. The molecule has 29 heavy (non-hydrogen) atoms. The quantitative estimate of drug-likeness (QED) is 0.441. The molecule has 8 heteroatoms. The number of hydrogen-bond donors (Lipinski definition) is 1. The number of rotatable bonds is 7. The van der Waals surface area contributed by atoms with Gasteiger partial charge in [0.25, 0.3) is 11.6 Å². The molecule has 8 nitrogen and oxygen atoms in total. The molecule has 1 aliphatic heterocycles. The molecule has 0 unspecified atom stereocenters. The van der Waals surface area contributed by atoms with Gasteiger partial charge >= 0.3 is 0 Å². The van der Waals surface area contributed by atoms with E-state index in [-0.39, 0.29) is 18.1 Å². The van der Waals surface area contributed by atoms with Crippen LogP contribution >= 0.6 is 0 Å². The lowest BCUT2D eigenvalue weighted by Crippen LogP contribution is -2.48. The summed E-state index contributed by atoms with van der Waals surface area (Å²) < 4.78 is 0. The maximum atomic E-state index is 12.2. The monoisotopic (exact) mass is 395 g/mol. The lowest BCUT2D eigenvalue weighted by atomic mass is 10.1. The standard InChI is InChI=1S/C21H25N5O3/c1-17(19-8-5-9-20(14-19)26(28)29)22-23-21(27)16-25-12-10-24(11-13-25)15-18-6-3-2-4-7-18/h2-9,14H,10-13,15-16H2,1H3,(H,23,27)/b22-17+. The average Bonchev–Trinajstić information content (AvgIpc) is 2.74. The van der Waals surface area contributed by atoms with E-state index in [1.54, 1.807) is 19.1 Å². The van der Waals surface area contributed by atoms with E-state index in [2.05, 4.69) is 32.5 Å². The molecule has 1 saturated heterocycles. The molecule has 0 atom stereocenters. The Hall–Kier alpha value is -3.10. The number of nitrogens with zero attached hydrogens (tertiary/aromatic N) is 4. The van der Waals surface area contributed by atoms with E-state index in [1.165, 1.54) is 17.7 Å². The Kier molecular flexibility index (Phi) is 7.04. The fraction of sp³-hybridized carbons (Fsp3) is 0.333. The van der Waals surface area contributed by atoms with Crippen LogP contribution in [0.15, 0.2) is 59.7 Å². The second kappa shape index (κ2) is 9.90. The molecule has 0 aromatic heterocycles. The van der Waals surface area contributed by atoms with Crippen LogP contribution in [0, 0.1) is 10.1 Å². The highest BCUT2D eigenvalue weighted by Gasteiger charge is 2.19. The Labute approximate surface area is 170 Å². The van der Waals surface area contributed by atoms with Crippen molar-refractivity contribution in [1.82, 2.24) is 15.2 Å². The molecule has 0 spiro atoms. The summed E-state index contributed by atoms with van der Waals surface area (Å²) in [6, 6.07) is 16.6. The van der Waals surface area contributed by atoms with Crippen molar-refractivity contribution in [2.75, 3.05) is 32.7 Å². The number of amides is 1. The Bertz CT molecular complexity index is 877. The predicted octanol–water partition coefficient (Wildman–Crippen LogP) is 2.25. The van der Waals surface area contributed by atoms with Crippen molar-refractivity contribution in [1.29, 1.82) is 0 Å². The van der Waals surface area contributed by atoms with E-state index in [1.807, 2.05) is 18.2 Å². The van der Waals surface area contributed by atoms with Gasteiger partial charge in [-0.3, -0.25) is 24.7 Å². The molecule has 2 aromatic rings. The lowest BCUT2D eigenvalue weighted by molar-refractivity contribution is -0.384. The van der Waals surface area contributed by atoms with E-state index < -0.39 is 4.92 Å². The van der Waals surface area contributed by atoms with Gasteiger partial charge in [0.1, 0.15) is 0 Å². The molecule has 0 aliphatic carbocycles. The van der Waals surface area contributed by atoms with Crippen LogP contribution in [0.25, 0.3) is 0 Å². The fourth-order valence-electron chi connectivity index (χ4n) is 3.24. The van der Waals surface area contributed by atoms with Gasteiger partial charge < -0.3 is 0 Å². The molecule has 152 valence electrons. The zero-order valence-corrected chi connectivity index (χ0v) is 16.5. The molecular weight excluding hydrogens is 370 g/mol. The number of hydrazone groups is 1. The number of carbonyl (C=O) groups excluding carboxylic acids is 1. The number of benzene rings is 2. The SMILES string of the molecule is C/C(=N\NC(=O)CN1CCN(Cc2ccccc2)CC1)c1cccc([N+](=O)[O-])c1. The number of non-ortho nitro benzene ring substituents is 1. The third-order valence-corrected chi connectivity index (χ3v) is 4.90. The highest BCUT2D eigenvalue weighted by molar-refractivity contribution is 5.99. The largest absolute Gasteiger partial charge is 0.297 e. The highest BCUT2D eigenvalue weighted by Crippen LogP contribution is 2.13. The molecule has 1 aliphatic rings. The van der Waals surface area contributed by atoms with E-state index in [9.17, 15) is 14.9 Å². The van der Waals surface area contributed by atoms with Crippen molar-refractivity contribution in [3.63, 3.8) is 0 Å². The van der Waals surface area contributed by atoms with Crippen LogP contribution in [0.3, 0.4) is 0 Å². The maximum Gasteiger partial charge on any atom is 0.270 e. The van der Waals surface area contributed by atoms with Gasteiger partial charge in [0.05, 0.1) is 17.2 Å². The molecule has 1 N–H and O–H groups in total. The van der Waals surface area contributed by atoms with Crippen LogP contribution in [0.5, 0.6) is 0 Å². The van der Waals surface area contributed by atoms with Crippen molar-refractivity contribution >= 4 is 17.3 Å². The minimum atomic E-state index is -0.452. The summed E-state index contributed by atoms with van der Waals surface area (Å²) in [6.45, 7) is 6.40. The van der Waals surface area contributed by atoms with E-state index >= 15 is 0 Å². The van der Waals surface area contributed by atoms with Gasteiger partial charge in [0.15, 0.2) is 0 Å². The minimum absolute atomic E-state index is 0.00301. The van der Waals surface area contributed by atoms with Crippen molar-refractivity contribution in [2.45, 2.75) is 13.5 Å². The van der Waals surface area contributed by atoms with Gasteiger partial charge in [0, 0.05) is 50.4 Å². The maximum absolute atomic E-state index is 12.2. The van der Waals surface area contributed by atoms with Crippen molar-refractivity contribution in [2.24, 2.45) is 5.10 Å². The number of carbonyl (C=O) groups is 1. The molecule has 0 saturated carbocycles. The molecule has 0 radical (unpaired) electrons. The first-order valence-corrected chi connectivity index (χ1v) is 9.58. The summed E-state index contributed by atoms with van der Waals surface area (Å²) in [5.41, 5.74) is 4.97. The molecule has 1 amide bonds. The van der Waals surface area contributed by atoms with Crippen LogP contribution in [-0.4, -0.2) is 59.1 Å². The van der Waals surface area contributed by atoms with Crippen LogP contribution in [0.4, 0.5) is 5.69 Å². The molecule has 1 heterocycles. The normalized spacial score (nSPS) is 15.8. The zero-order valence-electron chi connectivity index (χ0n) is 16.5. The Morgan fingerprint density at radius 3 is 2.45 bits per heavy atom. The number of nitro groups is 1. The van der Waals surface area contributed by atoms with Crippen LogP contribution in [-0.2, 0) is 11.3 Å². The molecule has 1 fully saturated rings. The molecular formula is C21H25N5O3. The van der Waals surface area contributed by atoms with Crippen molar-refractivity contribution in [3.8, 4) is 0 Å². The van der Waals surface area contributed by atoms with Gasteiger partial charge in [-0.25, -0.2) is 5.43 Å². The summed E-state index contributed by atoms with van der Waals surface area (Å²) in [7, 11) is 0.